The van der Waals surface area contributed by atoms with Crippen LogP contribution < -0.4 is 0 Å². The number of nitrogens with zero attached hydrogens (tertiary/aromatic N) is 1. The molecule has 1 aliphatic rings. The number of aromatic nitrogens is 2. The number of esters is 3. The Bertz CT molecular complexity index is 931. The Balaban J connectivity index is 2.14. The van der Waals surface area contributed by atoms with Crippen molar-refractivity contribution in [1.82, 2.24) is 9.97 Å². The lowest BCUT2D eigenvalue weighted by Crippen LogP contribution is -2.17. The van der Waals surface area contributed by atoms with Crippen molar-refractivity contribution in [2.75, 3.05) is 19.8 Å². The van der Waals surface area contributed by atoms with Crippen molar-refractivity contribution in [2.24, 2.45) is 0 Å². The first-order valence-electron chi connectivity index (χ1n) is 9.27. The highest BCUT2D eigenvalue weighted by atomic mass is 16.5. The van der Waals surface area contributed by atoms with Crippen LogP contribution in [0.4, 0.5) is 0 Å². The van der Waals surface area contributed by atoms with Crippen LogP contribution in [-0.4, -0.2) is 47.7 Å². The maximum Gasteiger partial charge on any atom is 0.356 e. The van der Waals surface area contributed by atoms with Gasteiger partial charge in [0.15, 0.2) is 0 Å². The molecule has 0 atom stereocenters. The highest BCUT2D eigenvalue weighted by molar-refractivity contribution is 6.01. The summed E-state index contributed by atoms with van der Waals surface area (Å²) in [6.07, 6.45) is 1.13. The fourth-order valence-corrected chi connectivity index (χ4v) is 3.23. The third-order valence-corrected chi connectivity index (χ3v) is 4.35. The third kappa shape index (κ3) is 3.62. The van der Waals surface area contributed by atoms with Crippen LogP contribution in [0.25, 0.3) is 11.3 Å². The van der Waals surface area contributed by atoms with E-state index in [0.717, 1.165) is 5.56 Å². The minimum Gasteiger partial charge on any atom is -0.462 e. The number of H-pyrrole nitrogens is 1. The summed E-state index contributed by atoms with van der Waals surface area (Å²) in [5, 5.41) is 0. The summed E-state index contributed by atoms with van der Waals surface area (Å²) in [5.74, 6) is -1.63. The summed E-state index contributed by atoms with van der Waals surface area (Å²) in [6.45, 7) is 5.79. The van der Waals surface area contributed by atoms with E-state index >= 15 is 0 Å². The van der Waals surface area contributed by atoms with Crippen molar-refractivity contribution >= 4 is 17.9 Å². The molecule has 8 nitrogen and oxygen atoms in total. The molecule has 148 valence electrons. The van der Waals surface area contributed by atoms with E-state index in [0.29, 0.717) is 35.5 Å². The zero-order valence-electron chi connectivity index (χ0n) is 16.1. The topological polar surface area (TPSA) is 108 Å². The number of aromatic amines is 1. The summed E-state index contributed by atoms with van der Waals surface area (Å²) in [7, 11) is 0. The predicted molar refractivity (Wildman–Crippen MR) is 99.3 cm³/mol. The number of fused-ring (bicyclic) bond motifs is 3. The SMILES string of the molecule is CCOC(=O)c1cc(C(=O)OCC)c2c(n1)CCc1cc(C(=O)OCC)[nH]c1-2. The molecule has 28 heavy (non-hydrogen) atoms. The van der Waals surface area contributed by atoms with E-state index in [9.17, 15) is 14.4 Å². The van der Waals surface area contributed by atoms with E-state index in [1.165, 1.54) is 6.07 Å². The second-order valence-corrected chi connectivity index (χ2v) is 6.12. The lowest BCUT2D eigenvalue weighted by Gasteiger charge is -2.19. The first-order chi connectivity index (χ1) is 13.5. The second kappa shape index (κ2) is 8.24. The molecule has 0 bridgehead atoms. The molecule has 0 saturated heterocycles. The molecular formula is C20H22N2O6. The molecule has 8 heteroatoms. The summed E-state index contributed by atoms with van der Waals surface area (Å²) in [5.41, 5.74) is 3.21. The van der Waals surface area contributed by atoms with E-state index in [1.807, 2.05) is 0 Å². The summed E-state index contributed by atoms with van der Waals surface area (Å²) < 4.78 is 15.2. The Morgan fingerprint density at radius 1 is 0.929 bits per heavy atom. The van der Waals surface area contributed by atoms with E-state index in [1.54, 1.807) is 26.8 Å². The highest BCUT2D eigenvalue weighted by Crippen LogP contribution is 2.36. The molecule has 0 saturated carbocycles. The van der Waals surface area contributed by atoms with Crippen molar-refractivity contribution in [2.45, 2.75) is 33.6 Å². The van der Waals surface area contributed by atoms with E-state index < -0.39 is 17.9 Å². The zero-order chi connectivity index (χ0) is 20.3. The molecule has 2 heterocycles. The van der Waals surface area contributed by atoms with Gasteiger partial charge < -0.3 is 19.2 Å². The molecule has 1 aliphatic carbocycles. The Labute approximate surface area is 162 Å². The molecule has 0 radical (unpaired) electrons. The fourth-order valence-electron chi connectivity index (χ4n) is 3.23. The first-order valence-corrected chi connectivity index (χ1v) is 9.27. The van der Waals surface area contributed by atoms with Gasteiger partial charge in [0, 0.05) is 5.56 Å². The van der Waals surface area contributed by atoms with Gasteiger partial charge in [-0.15, -0.1) is 0 Å². The number of hydrogen-bond acceptors (Lipinski definition) is 7. The van der Waals surface area contributed by atoms with Gasteiger partial charge in [-0.05, 0) is 51.3 Å². The van der Waals surface area contributed by atoms with Gasteiger partial charge in [-0.25, -0.2) is 19.4 Å². The quantitative estimate of drug-likeness (QED) is 0.601. The fraction of sp³-hybridized carbons (Fsp3) is 0.400. The highest BCUT2D eigenvalue weighted by Gasteiger charge is 2.29. The van der Waals surface area contributed by atoms with Crippen LogP contribution in [-0.2, 0) is 27.1 Å². The van der Waals surface area contributed by atoms with Gasteiger partial charge in [0.05, 0.1) is 36.8 Å². The number of ether oxygens (including phenoxy) is 3. The molecule has 0 aromatic carbocycles. The number of carbonyl (C=O) groups excluding carboxylic acids is 3. The van der Waals surface area contributed by atoms with Crippen molar-refractivity contribution in [3.05, 3.63) is 40.3 Å². The lowest BCUT2D eigenvalue weighted by molar-refractivity contribution is 0.0507. The Kier molecular flexibility index (Phi) is 5.77. The predicted octanol–water partition coefficient (Wildman–Crippen LogP) is 2.71. The smallest absolute Gasteiger partial charge is 0.356 e. The average molecular weight is 386 g/mol. The molecule has 0 aliphatic heterocycles. The molecule has 3 rings (SSSR count). The van der Waals surface area contributed by atoms with Crippen molar-refractivity contribution in [3.8, 4) is 11.3 Å². The number of rotatable bonds is 6. The van der Waals surface area contributed by atoms with Crippen molar-refractivity contribution < 1.29 is 28.6 Å². The molecule has 0 spiro atoms. The molecule has 0 fully saturated rings. The Morgan fingerprint density at radius 2 is 1.57 bits per heavy atom. The molecule has 0 amide bonds. The van der Waals surface area contributed by atoms with Crippen molar-refractivity contribution in [3.63, 3.8) is 0 Å². The molecule has 2 aromatic heterocycles. The van der Waals surface area contributed by atoms with E-state index in [2.05, 4.69) is 9.97 Å². The third-order valence-electron chi connectivity index (χ3n) is 4.35. The standard InChI is InChI=1S/C20H22N2O6/c1-4-26-18(23)12-10-15(20(25)28-6-3)21-13-8-7-11-9-14(19(24)27-5-2)22-17(11)16(12)13/h9-10,22H,4-8H2,1-3H3. The average Bonchev–Trinajstić information content (AvgIpc) is 3.12. The number of carbonyl (C=O) groups is 3. The van der Waals surface area contributed by atoms with Crippen LogP contribution in [0, 0.1) is 0 Å². The molecular weight excluding hydrogens is 364 g/mol. The van der Waals surface area contributed by atoms with E-state index in [4.69, 9.17) is 14.2 Å². The monoisotopic (exact) mass is 386 g/mol. The van der Waals surface area contributed by atoms with Crippen LogP contribution in [0.3, 0.4) is 0 Å². The zero-order valence-corrected chi connectivity index (χ0v) is 16.1. The van der Waals surface area contributed by atoms with Crippen LogP contribution in [0.2, 0.25) is 0 Å². The van der Waals surface area contributed by atoms with Gasteiger partial charge >= 0.3 is 17.9 Å². The Morgan fingerprint density at radius 3 is 2.25 bits per heavy atom. The molecule has 2 aromatic rings. The van der Waals surface area contributed by atoms with Gasteiger partial charge in [0.2, 0.25) is 0 Å². The second-order valence-electron chi connectivity index (χ2n) is 6.12. The maximum absolute atomic E-state index is 12.6. The van der Waals surface area contributed by atoms with Gasteiger partial charge in [0.1, 0.15) is 11.4 Å². The van der Waals surface area contributed by atoms with Crippen LogP contribution in [0.15, 0.2) is 12.1 Å². The number of aryl methyl sites for hydroxylation is 2. The molecule has 1 N–H and O–H groups in total. The largest absolute Gasteiger partial charge is 0.462 e. The number of hydrogen-bond donors (Lipinski definition) is 1. The van der Waals surface area contributed by atoms with Crippen LogP contribution in [0.1, 0.15) is 63.4 Å². The normalized spacial score (nSPS) is 12.0. The Hall–Kier alpha value is -3.16. The summed E-state index contributed by atoms with van der Waals surface area (Å²) >= 11 is 0. The summed E-state index contributed by atoms with van der Waals surface area (Å²) in [6, 6.07) is 3.11. The number of nitrogens with one attached hydrogen (secondary N) is 1. The molecule has 0 unspecified atom stereocenters. The number of pyridine rings is 1. The van der Waals surface area contributed by atoms with Gasteiger partial charge in [-0.1, -0.05) is 0 Å². The van der Waals surface area contributed by atoms with Crippen LogP contribution in [0.5, 0.6) is 0 Å². The van der Waals surface area contributed by atoms with Crippen molar-refractivity contribution in [1.29, 1.82) is 0 Å². The van der Waals surface area contributed by atoms with Gasteiger partial charge in [0.25, 0.3) is 0 Å². The maximum atomic E-state index is 12.6. The lowest BCUT2D eigenvalue weighted by atomic mass is 9.90. The summed E-state index contributed by atoms with van der Waals surface area (Å²) in [4.78, 5) is 44.3. The van der Waals surface area contributed by atoms with Crippen LogP contribution >= 0.6 is 0 Å². The minimum absolute atomic E-state index is 0.0595. The van der Waals surface area contributed by atoms with E-state index in [-0.39, 0.29) is 31.1 Å². The first kappa shape index (κ1) is 19.6. The minimum atomic E-state index is -0.597. The van der Waals surface area contributed by atoms with Gasteiger partial charge in [-0.3, -0.25) is 0 Å². The van der Waals surface area contributed by atoms with Gasteiger partial charge in [-0.2, -0.15) is 0 Å².